The van der Waals surface area contributed by atoms with E-state index in [9.17, 15) is 4.79 Å². The van der Waals surface area contributed by atoms with Gasteiger partial charge in [0.05, 0.1) is 18.1 Å². The number of ether oxygens (including phenoxy) is 2. The molecule has 4 nitrogen and oxygen atoms in total. The van der Waals surface area contributed by atoms with E-state index in [4.69, 9.17) is 13.9 Å². The molecule has 0 fully saturated rings. The molecule has 0 saturated carbocycles. The number of benzene rings is 3. The van der Waals surface area contributed by atoms with E-state index in [1.54, 1.807) is 25.3 Å². The predicted molar refractivity (Wildman–Crippen MR) is 115 cm³/mol. The quantitative estimate of drug-likeness (QED) is 0.437. The maximum atomic E-state index is 13.0. The molecule has 29 heavy (non-hydrogen) atoms. The normalized spacial score (nSPS) is 11.1. The summed E-state index contributed by atoms with van der Waals surface area (Å²) in [5.41, 5.74) is 2.67. The van der Waals surface area contributed by atoms with E-state index in [-0.39, 0.29) is 5.43 Å². The van der Waals surface area contributed by atoms with Gasteiger partial charge in [-0.15, -0.1) is 0 Å². The first kappa shape index (κ1) is 18.6. The summed E-state index contributed by atoms with van der Waals surface area (Å²) in [5.74, 6) is 1.27. The molecule has 144 valence electrons. The summed E-state index contributed by atoms with van der Waals surface area (Å²) in [6.07, 6.45) is 5.42. The Labute approximate surface area is 168 Å². The summed E-state index contributed by atoms with van der Waals surface area (Å²) >= 11 is 0. The largest absolute Gasteiger partial charge is 0.496 e. The second-order valence-electron chi connectivity index (χ2n) is 6.46. The van der Waals surface area contributed by atoms with Crippen LogP contribution in [0.5, 0.6) is 11.5 Å². The van der Waals surface area contributed by atoms with Gasteiger partial charge in [0, 0.05) is 11.6 Å². The second-order valence-corrected chi connectivity index (χ2v) is 6.46. The van der Waals surface area contributed by atoms with Crippen molar-refractivity contribution < 1.29 is 13.9 Å². The van der Waals surface area contributed by atoms with Crippen molar-refractivity contribution in [1.82, 2.24) is 0 Å². The minimum atomic E-state index is -0.105. The Morgan fingerprint density at radius 1 is 0.931 bits per heavy atom. The van der Waals surface area contributed by atoms with Crippen molar-refractivity contribution in [2.45, 2.75) is 0 Å². The molecule has 3 aromatic carbocycles. The van der Waals surface area contributed by atoms with Gasteiger partial charge in [0.2, 0.25) is 5.43 Å². The zero-order valence-electron chi connectivity index (χ0n) is 16.0. The first-order valence-corrected chi connectivity index (χ1v) is 9.29. The minimum absolute atomic E-state index is 0.105. The molecule has 0 aliphatic heterocycles. The molecule has 4 aromatic rings. The molecule has 1 aromatic heterocycles. The molecule has 0 amide bonds. The van der Waals surface area contributed by atoms with Crippen LogP contribution in [-0.2, 0) is 0 Å². The highest BCUT2D eigenvalue weighted by molar-refractivity contribution is 5.83. The lowest BCUT2D eigenvalue weighted by atomic mass is 10.0. The van der Waals surface area contributed by atoms with Gasteiger partial charge in [-0.1, -0.05) is 54.6 Å². The van der Waals surface area contributed by atoms with Gasteiger partial charge in [0.25, 0.3) is 0 Å². The van der Waals surface area contributed by atoms with Crippen molar-refractivity contribution in [3.8, 4) is 22.6 Å². The maximum absolute atomic E-state index is 13.0. The van der Waals surface area contributed by atoms with Crippen molar-refractivity contribution in [2.75, 3.05) is 13.7 Å². The zero-order chi connectivity index (χ0) is 20.1. The number of para-hydroxylation sites is 1. The molecule has 0 aliphatic carbocycles. The molecule has 0 saturated heterocycles. The van der Waals surface area contributed by atoms with Crippen LogP contribution < -0.4 is 14.9 Å². The molecular formula is C25H20O4. The van der Waals surface area contributed by atoms with Crippen molar-refractivity contribution in [2.24, 2.45) is 0 Å². The standard InChI is InChI=1S/C25H20O4/c1-27-23-12-6-5-11-20(23)22-17-29-24-16-19(13-14-21(24)25(22)26)28-15-7-10-18-8-3-2-4-9-18/h2-14,16-17H,15H2,1H3/b10-7+. The average Bonchev–Trinajstić information content (AvgIpc) is 2.78. The van der Waals surface area contributed by atoms with Crippen molar-refractivity contribution in [3.63, 3.8) is 0 Å². The summed E-state index contributed by atoms with van der Waals surface area (Å²) < 4.78 is 16.9. The Hall–Kier alpha value is -3.79. The van der Waals surface area contributed by atoms with Gasteiger partial charge in [-0.25, -0.2) is 0 Å². The highest BCUT2D eigenvalue weighted by atomic mass is 16.5. The molecule has 0 radical (unpaired) electrons. The van der Waals surface area contributed by atoms with Crippen LogP contribution in [0.25, 0.3) is 28.2 Å². The smallest absolute Gasteiger partial charge is 0.200 e. The van der Waals surface area contributed by atoms with E-state index in [1.165, 1.54) is 6.26 Å². The van der Waals surface area contributed by atoms with Crippen LogP contribution in [0.2, 0.25) is 0 Å². The first-order valence-electron chi connectivity index (χ1n) is 9.29. The molecule has 0 unspecified atom stereocenters. The van der Waals surface area contributed by atoms with E-state index >= 15 is 0 Å². The molecule has 4 rings (SSSR count). The summed E-state index contributed by atoms with van der Waals surface area (Å²) in [4.78, 5) is 13.0. The Balaban J connectivity index is 1.56. The van der Waals surface area contributed by atoms with Crippen LogP contribution in [0.4, 0.5) is 0 Å². The molecule has 4 heteroatoms. The SMILES string of the molecule is COc1ccccc1-c1coc2cc(OC/C=C/c3ccccc3)ccc2c1=O. The number of hydrogen-bond acceptors (Lipinski definition) is 4. The Morgan fingerprint density at radius 3 is 2.55 bits per heavy atom. The van der Waals surface area contributed by atoms with Gasteiger partial charge in [-0.3, -0.25) is 4.79 Å². The average molecular weight is 384 g/mol. The van der Waals surface area contributed by atoms with E-state index in [1.807, 2.05) is 66.7 Å². The van der Waals surface area contributed by atoms with Crippen LogP contribution in [0.3, 0.4) is 0 Å². The van der Waals surface area contributed by atoms with Crippen LogP contribution in [0, 0.1) is 0 Å². The fourth-order valence-corrected chi connectivity index (χ4v) is 3.14. The summed E-state index contributed by atoms with van der Waals surface area (Å²) in [6, 6.07) is 22.7. The van der Waals surface area contributed by atoms with Gasteiger partial charge in [0.15, 0.2) is 0 Å². The summed E-state index contributed by atoms with van der Waals surface area (Å²) in [7, 11) is 1.58. The molecule has 0 spiro atoms. The van der Waals surface area contributed by atoms with Crippen LogP contribution in [0.1, 0.15) is 5.56 Å². The number of fused-ring (bicyclic) bond motifs is 1. The fourth-order valence-electron chi connectivity index (χ4n) is 3.14. The molecule has 0 atom stereocenters. The van der Waals surface area contributed by atoms with Crippen LogP contribution in [0.15, 0.2) is 94.3 Å². The lowest BCUT2D eigenvalue weighted by molar-refractivity contribution is 0.363. The third-order valence-electron chi connectivity index (χ3n) is 4.60. The van der Waals surface area contributed by atoms with Crippen LogP contribution in [-0.4, -0.2) is 13.7 Å². The van der Waals surface area contributed by atoms with Gasteiger partial charge < -0.3 is 13.9 Å². The van der Waals surface area contributed by atoms with Gasteiger partial charge in [0.1, 0.15) is 30.0 Å². The van der Waals surface area contributed by atoms with E-state index in [0.29, 0.717) is 40.2 Å². The molecule has 0 aliphatic rings. The molecular weight excluding hydrogens is 364 g/mol. The van der Waals surface area contributed by atoms with Crippen molar-refractivity contribution >= 4 is 17.0 Å². The number of hydrogen-bond donors (Lipinski definition) is 0. The zero-order valence-corrected chi connectivity index (χ0v) is 16.0. The maximum Gasteiger partial charge on any atom is 0.200 e. The molecule has 0 bridgehead atoms. The highest BCUT2D eigenvalue weighted by Gasteiger charge is 2.13. The van der Waals surface area contributed by atoms with E-state index in [2.05, 4.69) is 0 Å². The van der Waals surface area contributed by atoms with E-state index < -0.39 is 0 Å². The fraction of sp³-hybridized carbons (Fsp3) is 0.0800. The third-order valence-corrected chi connectivity index (χ3v) is 4.60. The van der Waals surface area contributed by atoms with E-state index in [0.717, 1.165) is 5.56 Å². The highest BCUT2D eigenvalue weighted by Crippen LogP contribution is 2.29. The Bertz CT molecular complexity index is 1210. The number of methoxy groups -OCH3 is 1. The first-order chi connectivity index (χ1) is 14.3. The summed E-state index contributed by atoms with van der Waals surface area (Å²) in [5, 5.41) is 0.501. The van der Waals surface area contributed by atoms with Crippen LogP contribution >= 0.6 is 0 Å². The molecule has 1 heterocycles. The predicted octanol–water partition coefficient (Wildman–Crippen LogP) is 5.56. The topological polar surface area (TPSA) is 48.7 Å². The summed E-state index contributed by atoms with van der Waals surface area (Å²) in [6.45, 7) is 0.421. The van der Waals surface area contributed by atoms with Gasteiger partial charge in [-0.2, -0.15) is 0 Å². The van der Waals surface area contributed by atoms with Gasteiger partial charge >= 0.3 is 0 Å². The second kappa shape index (κ2) is 8.48. The Kier molecular flexibility index (Phi) is 5.43. The monoisotopic (exact) mass is 384 g/mol. The Morgan fingerprint density at radius 2 is 1.72 bits per heavy atom. The minimum Gasteiger partial charge on any atom is -0.496 e. The number of rotatable bonds is 6. The lowest BCUT2D eigenvalue weighted by Crippen LogP contribution is -2.06. The lowest BCUT2D eigenvalue weighted by Gasteiger charge is -2.09. The molecule has 0 N–H and O–H groups in total. The third kappa shape index (κ3) is 4.06. The van der Waals surface area contributed by atoms with Gasteiger partial charge in [-0.05, 0) is 29.8 Å². The van der Waals surface area contributed by atoms with Crippen molar-refractivity contribution in [3.05, 3.63) is 101 Å². The van der Waals surface area contributed by atoms with Crippen molar-refractivity contribution in [1.29, 1.82) is 0 Å².